The van der Waals surface area contributed by atoms with Gasteiger partial charge in [-0.25, -0.2) is 15.2 Å². The number of hydrogen-bond donors (Lipinski definition) is 3. The van der Waals surface area contributed by atoms with E-state index in [4.69, 9.17) is 0 Å². The van der Waals surface area contributed by atoms with Gasteiger partial charge in [-0.05, 0) is 35.7 Å². The lowest BCUT2D eigenvalue weighted by atomic mass is 10.0. The first-order valence-electron chi connectivity index (χ1n) is 7.15. The summed E-state index contributed by atoms with van der Waals surface area (Å²) in [6.07, 6.45) is 4.04. The molecule has 0 bridgehead atoms. The molecule has 2 atom stereocenters. The van der Waals surface area contributed by atoms with Gasteiger partial charge in [-0.3, -0.25) is 9.78 Å². The summed E-state index contributed by atoms with van der Waals surface area (Å²) >= 11 is 0. The molecule has 3 N–H and O–H groups in total. The Morgan fingerprint density at radius 1 is 1.27 bits per heavy atom. The molecule has 1 aliphatic heterocycles. The topological polar surface area (TPSA) is 66.0 Å². The number of amides is 1. The summed E-state index contributed by atoms with van der Waals surface area (Å²) in [7, 11) is 0. The van der Waals surface area contributed by atoms with Crippen LogP contribution in [0.1, 0.15) is 23.6 Å². The zero-order chi connectivity index (χ0) is 15.4. The van der Waals surface area contributed by atoms with Crippen LogP contribution in [-0.2, 0) is 11.3 Å². The summed E-state index contributed by atoms with van der Waals surface area (Å²) in [5, 5.41) is 2.88. The molecule has 1 fully saturated rings. The van der Waals surface area contributed by atoms with Crippen molar-refractivity contribution >= 4 is 5.91 Å². The summed E-state index contributed by atoms with van der Waals surface area (Å²) in [6.45, 7) is 0.450. The zero-order valence-electron chi connectivity index (χ0n) is 11.9. The van der Waals surface area contributed by atoms with Crippen molar-refractivity contribution in [3.05, 3.63) is 65.7 Å². The van der Waals surface area contributed by atoms with Crippen LogP contribution in [0.2, 0.25) is 0 Å². The van der Waals surface area contributed by atoms with Gasteiger partial charge in [-0.15, -0.1) is 0 Å². The molecule has 0 saturated carbocycles. The second kappa shape index (κ2) is 6.64. The average molecular weight is 300 g/mol. The van der Waals surface area contributed by atoms with Crippen molar-refractivity contribution in [3.63, 3.8) is 0 Å². The Kier molecular flexibility index (Phi) is 4.41. The number of nitrogens with zero attached hydrogens (tertiary/aromatic N) is 1. The molecule has 1 aromatic heterocycles. The summed E-state index contributed by atoms with van der Waals surface area (Å²) in [4.78, 5) is 16.2. The Morgan fingerprint density at radius 3 is 2.82 bits per heavy atom. The van der Waals surface area contributed by atoms with Gasteiger partial charge in [-0.1, -0.05) is 18.2 Å². The number of pyridine rings is 1. The molecule has 0 aliphatic carbocycles. The van der Waals surface area contributed by atoms with E-state index in [0.29, 0.717) is 13.0 Å². The number of carbonyl (C=O) groups excluding carboxylic acids is 1. The number of nitrogens with one attached hydrogen (secondary N) is 3. The predicted molar refractivity (Wildman–Crippen MR) is 79.9 cm³/mol. The maximum atomic E-state index is 12.9. The normalized spacial score (nSPS) is 20.8. The van der Waals surface area contributed by atoms with Gasteiger partial charge in [0.1, 0.15) is 11.9 Å². The van der Waals surface area contributed by atoms with Crippen LogP contribution in [-0.4, -0.2) is 16.9 Å². The van der Waals surface area contributed by atoms with Crippen molar-refractivity contribution in [2.45, 2.75) is 25.0 Å². The highest BCUT2D eigenvalue weighted by Gasteiger charge is 2.29. The molecule has 1 saturated heterocycles. The van der Waals surface area contributed by atoms with E-state index in [1.165, 1.54) is 12.1 Å². The van der Waals surface area contributed by atoms with Crippen LogP contribution in [0.4, 0.5) is 4.39 Å². The third kappa shape index (κ3) is 3.47. The Labute approximate surface area is 127 Å². The number of halogens is 1. The first-order valence-corrected chi connectivity index (χ1v) is 7.15. The first kappa shape index (κ1) is 14.6. The van der Waals surface area contributed by atoms with Crippen LogP contribution in [0.5, 0.6) is 0 Å². The van der Waals surface area contributed by atoms with Gasteiger partial charge in [-0.2, -0.15) is 0 Å². The number of hydrogen-bond acceptors (Lipinski definition) is 4. The summed E-state index contributed by atoms with van der Waals surface area (Å²) in [5.74, 6) is -0.332. The lowest BCUT2D eigenvalue weighted by Gasteiger charge is -2.10. The SMILES string of the molecule is O=C(NCc1cccnc1)C1CC(c2ccc(F)cc2)NN1. The van der Waals surface area contributed by atoms with Gasteiger partial charge in [0, 0.05) is 25.0 Å². The molecule has 1 aliphatic rings. The number of rotatable bonds is 4. The van der Waals surface area contributed by atoms with Crippen LogP contribution in [0.3, 0.4) is 0 Å². The predicted octanol–water partition coefficient (Wildman–Crippen LogP) is 1.44. The highest BCUT2D eigenvalue weighted by atomic mass is 19.1. The molecular formula is C16H17FN4O. The van der Waals surface area contributed by atoms with Gasteiger partial charge in [0.05, 0.1) is 0 Å². The lowest BCUT2D eigenvalue weighted by molar-refractivity contribution is -0.123. The fraction of sp³-hybridized carbons (Fsp3) is 0.250. The molecule has 5 nitrogen and oxygen atoms in total. The third-order valence-corrected chi connectivity index (χ3v) is 3.68. The first-order chi connectivity index (χ1) is 10.7. The molecule has 3 rings (SSSR count). The summed E-state index contributed by atoms with van der Waals surface area (Å²) < 4.78 is 12.9. The van der Waals surface area contributed by atoms with Crippen LogP contribution in [0.15, 0.2) is 48.8 Å². The van der Waals surface area contributed by atoms with Crippen molar-refractivity contribution in [2.75, 3.05) is 0 Å². The highest BCUT2D eigenvalue weighted by molar-refractivity contribution is 5.82. The summed E-state index contributed by atoms with van der Waals surface area (Å²) in [6, 6.07) is 9.73. The fourth-order valence-electron chi connectivity index (χ4n) is 2.46. The molecule has 1 amide bonds. The van der Waals surface area contributed by atoms with E-state index in [0.717, 1.165) is 11.1 Å². The maximum absolute atomic E-state index is 12.9. The van der Waals surface area contributed by atoms with Crippen molar-refractivity contribution in [3.8, 4) is 0 Å². The van der Waals surface area contributed by atoms with E-state index in [-0.39, 0.29) is 23.8 Å². The molecule has 6 heteroatoms. The van der Waals surface area contributed by atoms with Crippen LogP contribution < -0.4 is 16.2 Å². The van der Waals surface area contributed by atoms with Crippen molar-refractivity contribution in [1.82, 2.24) is 21.2 Å². The Bertz CT molecular complexity index is 632. The van der Waals surface area contributed by atoms with Crippen LogP contribution in [0.25, 0.3) is 0 Å². The second-order valence-electron chi connectivity index (χ2n) is 5.26. The van der Waals surface area contributed by atoms with Crippen LogP contribution in [0, 0.1) is 5.82 Å². The molecular weight excluding hydrogens is 283 g/mol. The Balaban J connectivity index is 1.53. The van der Waals surface area contributed by atoms with Crippen molar-refractivity contribution in [1.29, 1.82) is 0 Å². The lowest BCUT2D eigenvalue weighted by Crippen LogP contribution is -2.42. The molecule has 1 aromatic carbocycles. The van der Waals surface area contributed by atoms with E-state index in [1.807, 2.05) is 12.1 Å². The van der Waals surface area contributed by atoms with E-state index in [1.54, 1.807) is 24.5 Å². The van der Waals surface area contributed by atoms with Gasteiger partial charge in [0.25, 0.3) is 0 Å². The largest absolute Gasteiger partial charge is 0.351 e. The third-order valence-electron chi connectivity index (χ3n) is 3.68. The molecule has 2 heterocycles. The minimum Gasteiger partial charge on any atom is -0.351 e. The van der Waals surface area contributed by atoms with Crippen molar-refractivity contribution in [2.24, 2.45) is 0 Å². The van der Waals surface area contributed by atoms with Gasteiger partial charge in [0.2, 0.25) is 5.91 Å². The average Bonchev–Trinajstić information content (AvgIpc) is 3.04. The summed E-state index contributed by atoms with van der Waals surface area (Å²) in [5.41, 5.74) is 7.97. The van der Waals surface area contributed by atoms with E-state index >= 15 is 0 Å². The van der Waals surface area contributed by atoms with Gasteiger partial charge in [0.15, 0.2) is 0 Å². The van der Waals surface area contributed by atoms with Gasteiger partial charge < -0.3 is 5.32 Å². The second-order valence-corrected chi connectivity index (χ2v) is 5.26. The molecule has 2 aromatic rings. The minimum absolute atomic E-state index is 0.00487. The highest BCUT2D eigenvalue weighted by Crippen LogP contribution is 2.22. The Morgan fingerprint density at radius 2 is 2.09 bits per heavy atom. The maximum Gasteiger partial charge on any atom is 0.238 e. The molecule has 0 spiro atoms. The molecule has 22 heavy (non-hydrogen) atoms. The van der Waals surface area contributed by atoms with Gasteiger partial charge >= 0.3 is 0 Å². The fourth-order valence-corrected chi connectivity index (χ4v) is 2.46. The molecule has 2 unspecified atom stereocenters. The molecule has 114 valence electrons. The van der Waals surface area contributed by atoms with E-state index in [9.17, 15) is 9.18 Å². The van der Waals surface area contributed by atoms with E-state index < -0.39 is 0 Å². The van der Waals surface area contributed by atoms with E-state index in [2.05, 4.69) is 21.2 Å². The Hall–Kier alpha value is -2.31. The number of aromatic nitrogens is 1. The molecule has 0 radical (unpaired) electrons. The van der Waals surface area contributed by atoms with Crippen molar-refractivity contribution < 1.29 is 9.18 Å². The number of hydrazine groups is 1. The minimum atomic E-state index is -0.313. The number of carbonyl (C=O) groups is 1. The smallest absolute Gasteiger partial charge is 0.238 e. The zero-order valence-corrected chi connectivity index (χ0v) is 11.9. The quantitative estimate of drug-likeness (QED) is 0.799. The number of benzene rings is 1. The monoisotopic (exact) mass is 300 g/mol. The standard InChI is InChI=1S/C16H17FN4O/c17-13-5-3-12(4-6-13)14-8-15(21-20-14)16(22)19-10-11-2-1-7-18-9-11/h1-7,9,14-15,20-21H,8,10H2,(H,19,22). The van der Waals surface area contributed by atoms with Crippen LogP contribution >= 0.6 is 0 Å².